The zero-order chi connectivity index (χ0) is 47.3. The van der Waals surface area contributed by atoms with Gasteiger partial charge < -0.3 is 40.3 Å². The van der Waals surface area contributed by atoms with Crippen molar-refractivity contribution >= 4 is 5.91 Å². The number of nitrogens with one attached hydrogen (secondary N) is 1. The van der Waals surface area contributed by atoms with Gasteiger partial charge in [-0.15, -0.1) is 0 Å². The molecule has 0 bridgehead atoms. The molecule has 1 aliphatic rings. The number of aliphatic hydroxyl groups is 5. The standard InChI is InChI=1S/C56H93NO8/c1-3-5-7-9-11-13-15-17-19-21-22-23-24-25-26-27-28-30-32-34-36-38-40-42-44-46-52(60)57-49(48-64-56-55(63)54(62)53(61)51(47-58)65-56)50(59)45-43-41-39-37-35-33-31-29-20-18-16-14-12-10-8-6-4-2/h5,7,11,13,17,19,22-23,25-26,28,30,34-37,43,45,49-51,53-56,58-59,61-63H,3-4,6,8-10,12,14-16,18,20-21,24,27,29,31-33,38-42,44,46-48H2,1-2H3,(H,57,60)/b7-5-,13-11-,19-17-,23-22-,26-25-,30-28-,36-34-,37-35+,45-43+. The molecule has 9 heteroatoms. The molecule has 0 radical (unpaired) electrons. The third-order valence-electron chi connectivity index (χ3n) is 11.3. The van der Waals surface area contributed by atoms with Crippen LogP contribution in [0.15, 0.2) is 109 Å². The van der Waals surface area contributed by atoms with Crippen molar-refractivity contribution < 1.29 is 39.8 Å². The summed E-state index contributed by atoms with van der Waals surface area (Å²) in [6.07, 6.45) is 58.5. The third-order valence-corrected chi connectivity index (χ3v) is 11.3. The van der Waals surface area contributed by atoms with E-state index in [2.05, 4.69) is 116 Å². The first-order valence-corrected chi connectivity index (χ1v) is 25.6. The summed E-state index contributed by atoms with van der Waals surface area (Å²) in [4.78, 5) is 13.0. The quantitative estimate of drug-likeness (QED) is 0.0262. The highest BCUT2D eigenvalue weighted by molar-refractivity contribution is 5.76. The van der Waals surface area contributed by atoms with Crippen LogP contribution in [0.5, 0.6) is 0 Å². The van der Waals surface area contributed by atoms with Crippen LogP contribution in [0, 0.1) is 0 Å². The maximum absolute atomic E-state index is 13.0. The molecule has 1 heterocycles. The monoisotopic (exact) mass is 908 g/mol. The number of rotatable bonds is 41. The van der Waals surface area contributed by atoms with E-state index in [0.29, 0.717) is 12.8 Å². The summed E-state index contributed by atoms with van der Waals surface area (Å²) in [6.45, 7) is 3.61. The van der Waals surface area contributed by atoms with Crippen LogP contribution in [0.4, 0.5) is 0 Å². The Kier molecular flexibility index (Phi) is 41.1. The van der Waals surface area contributed by atoms with E-state index in [1.54, 1.807) is 6.08 Å². The lowest BCUT2D eigenvalue weighted by Gasteiger charge is -2.40. The van der Waals surface area contributed by atoms with Gasteiger partial charge in [0.2, 0.25) is 5.91 Å². The molecule has 0 aromatic rings. The molecule has 1 aliphatic heterocycles. The maximum Gasteiger partial charge on any atom is 0.220 e. The molecule has 9 nitrogen and oxygen atoms in total. The number of amides is 1. The average molecular weight is 908 g/mol. The molecule has 0 aromatic heterocycles. The number of unbranched alkanes of at least 4 members (excludes halogenated alkanes) is 15. The lowest BCUT2D eigenvalue weighted by Crippen LogP contribution is -2.60. The van der Waals surface area contributed by atoms with Gasteiger partial charge in [0, 0.05) is 6.42 Å². The average Bonchev–Trinajstić information content (AvgIpc) is 3.31. The van der Waals surface area contributed by atoms with Gasteiger partial charge in [-0.25, -0.2) is 0 Å². The first kappa shape index (κ1) is 59.9. The van der Waals surface area contributed by atoms with Crippen LogP contribution in [0.1, 0.15) is 181 Å². The van der Waals surface area contributed by atoms with Crippen molar-refractivity contribution in [1.29, 1.82) is 0 Å². The summed E-state index contributed by atoms with van der Waals surface area (Å²) >= 11 is 0. The van der Waals surface area contributed by atoms with Crippen LogP contribution in [0.3, 0.4) is 0 Å². The first-order valence-electron chi connectivity index (χ1n) is 25.6. The Morgan fingerprint density at radius 3 is 1.48 bits per heavy atom. The fraction of sp³-hybridized carbons (Fsp3) is 0.661. The SMILES string of the molecule is CC/C=C\C/C=C\C/C=C\C/C=C\C/C=C\C/C=C\C/C=C\CCCCCC(=O)NC(COC1OC(CO)C(O)C(O)C1O)C(O)/C=C/CC/C=C/CCCCCCCCCCCCC. The second-order valence-corrected chi connectivity index (χ2v) is 17.2. The molecular weight excluding hydrogens is 815 g/mol. The Labute approximate surface area is 396 Å². The largest absolute Gasteiger partial charge is 0.394 e. The van der Waals surface area contributed by atoms with Crippen LogP contribution in [0.25, 0.3) is 0 Å². The van der Waals surface area contributed by atoms with E-state index in [0.717, 1.165) is 83.5 Å². The van der Waals surface area contributed by atoms with E-state index in [1.165, 1.54) is 70.6 Å². The van der Waals surface area contributed by atoms with Crippen LogP contribution < -0.4 is 5.32 Å². The van der Waals surface area contributed by atoms with Crippen molar-refractivity contribution in [2.45, 2.75) is 224 Å². The molecule has 1 fully saturated rings. The van der Waals surface area contributed by atoms with E-state index < -0.39 is 49.5 Å². The minimum absolute atomic E-state index is 0.222. The Hall–Kier alpha value is -3.15. The molecule has 370 valence electrons. The van der Waals surface area contributed by atoms with Crippen molar-refractivity contribution in [1.82, 2.24) is 5.32 Å². The van der Waals surface area contributed by atoms with Crippen molar-refractivity contribution in [2.75, 3.05) is 13.2 Å². The van der Waals surface area contributed by atoms with Crippen molar-refractivity contribution in [3.8, 4) is 0 Å². The fourth-order valence-electron chi connectivity index (χ4n) is 7.27. The van der Waals surface area contributed by atoms with E-state index in [9.17, 15) is 30.3 Å². The number of hydrogen-bond acceptors (Lipinski definition) is 8. The third kappa shape index (κ3) is 34.8. The number of carbonyl (C=O) groups excluding carboxylic acids is 1. The number of carbonyl (C=O) groups is 1. The molecule has 0 aromatic carbocycles. The normalized spacial score (nSPS) is 20.9. The van der Waals surface area contributed by atoms with E-state index in [1.807, 2.05) is 6.08 Å². The molecule has 6 N–H and O–H groups in total. The summed E-state index contributed by atoms with van der Waals surface area (Å²) in [6, 6.07) is -0.848. The summed E-state index contributed by atoms with van der Waals surface area (Å²) in [5, 5.41) is 54.3. The lowest BCUT2D eigenvalue weighted by molar-refractivity contribution is -0.302. The molecule has 65 heavy (non-hydrogen) atoms. The smallest absolute Gasteiger partial charge is 0.220 e. The zero-order valence-corrected chi connectivity index (χ0v) is 40.7. The van der Waals surface area contributed by atoms with Crippen LogP contribution in [-0.4, -0.2) is 87.5 Å². The van der Waals surface area contributed by atoms with Crippen molar-refractivity contribution in [3.05, 3.63) is 109 Å². The minimum Gasteiger partial charge on any atom is -0.394 e. The van der Waals surface area contributed by atoms with Gasteiger partial charge in [-0.1, -0.05) is 194 Å². The second kappa shape index (κ2) is 44.7. The Morgan fingerprint density at radius 1 is 0.538 bits per heavy atom. The number of allylic oxidation sites excluding steroid dienone is 17. The van der Waals surface area contributed by atoms with Crippen LogP contribution in [-0.2, 0) is 14.3 Å². The maximum atomic E-state index is 13.0. The van der Waals surface area contributed by atoms with Gasteiger partial charge in [-0.3, -0.25) is 4.79 Å². The van der Waals surface area contributed by atoms with Gasteiger partial charge in [-0.05, 0) is 89.9 Å². The molecule has 1 amide bonds. The van der Waals surface area contributed by atoms with Gasteiger partial charge in [0.15, 0.2) is 6.29 Å². The van der Waals surface area contributed by atoms with Crippen molar-refractivity contribution in [3.63, 3.8) is 0 Å². The minimum atomic E-state index is -1.58. The van der Waals surface area contributed by atoms with E-state index in [4.69, 9.17) is 9.47 Å². The van der Waals surface area contributed by atoms with E-state index in [-0.39, 0.29) is 12.5 Å². The number of hydrogen-bond donors (Lipinski definition) is 6. The molecule has 1 saturated heterocycles. The molecule has 7 unspecified atom stereocenters. The van der Waals surface area contributed by atoms with Gasteiger partial charge in [-0.2, -0.15) is 0 Å². The highest BCUT2D eigenvalue weighted by Gasteiger charge is 2.44. The Balaban J connectivity index is 2.37. The Morgan fingerprint density at radius 2 is 0.969 bits per heavy atom. The van der Waals surface area contributed by atoms with Crippen molar-refractivity contribution in [2.24, 2.45) is 0 Å². The lowest BCUT2D eigenvalue weighted by atomic mass is 9.99. The number of aliphatic hydroxyl groups excluding tert-OH is 5. The topological polar surface area (TPSA) is 149 Å². The highest BCUT2D eigenvalue weighted by atomic mass is 16.7. The van der Waals surface area contributed by atoms with Gasteiger partial charge >= 0.3 is 0 Å². The van der Waals surface area contributed by atoms with Crippen LogP contribution in [0.2, 0.25) is 0 Å². The second-order valence-electron chi connectivity index (χ2n) is 17.2. The Bertz CT molecular complexity index is 1380. The summed E-state index contributed by atoms with van der Waals surface area (Å²) in [5.41, 5.74) is 0. The first-order chi connectivity index (χ1) is 31.8. The van der Waals surface area contributed by atoms with Gasteiger partial charge in [0.05, 0.1) is 25.4 Å². The van der Waals surface area contributed by atoms with Gasteiger partial charge in [0.25, 0.3) is 0 Å². The predicted molar refractivity (Wildman–Crippen MR) is 271 cm³/mol. The molecule has 0 saturated carbocycles. The molecule has 1 rings (SSSR count). The van der Waals surface area contributed by atoms with Gasteiger partial charge in [0.1, 0.15) is 24.4 Å². The van der Waals surface area contributed by atoms with Crippen LogP contribution >= 0.6 is 0 Å². The fourth-order valence-corrected chi connectivity index (χ4v) is 7.27. The molecular formula is C56H93NO8. The summed E-state index contributed by atoms with van der Waals surface area (Å²) in [7, 11) is 0. The summed E-state index contributed by atoms with van der Waals surface area (Å²) in [5.74, 6) is -0.224. The highest BCUT2D eigenvalue weighted by Crippen LogP contribution is 2.22. The molecule has 0 spiro atoms. The predicted octanol–water partition coefficient (Wildman–Crippen LogP) is 11.8. The summed E-state index contributed by atoms with van der Waals surface area (Å²) < 4.78 is 11.2. The molecule has 7 atom stereocenters. The number of ether oxygens (including phenoxy) is 2. The molecule has 0 aliphatic carbocycles. The van der Waals surface area contributed by atoms with E-state index >= 15 is 0 Å². The zero-order valence-electron chi connectivity index (χ0n) is 40.7.